The van der Waals surface area contributed by atoms with Crippen LogP contribution in [-0.4, -0.2) is 61.2 Å². The molecular formula is C19H27ClF3N5O. The molecule has 0 aromatic carbocycles. The van der Waals surface area contributed by atoms with E-state index in [0.29, 0.717) is 36.8 Å². The van der Waals surface area contributed by atoms with Gasteiger partial charge in [0.05, 0.1) is 12.1 Å². The summed E-state index contributed by atoms with van der Waals surface area (Å²) in [7, 11) is 3.93. The van der Waals surface area contributed by atoms with Crippen molar-refractivity contribution in [2.75, 3.05) is 27.2 Å². The van der Waals surface area contributed by atoms with E-state index in [9.17, 15) is 13.2 Å². The molecule has 2 aliphatic heterocycles. The van der Waals surface area contributed by atoms with E-state index in [1.165, 1.54) is 19.3 Å². The van der Waals surface area contributed by atoms with Crippen LogP contribution in [0.4, 0.5) is 13.2 Å². The minimum absolute atomic E-state index is 0.0208. The molecule has 0 radical (unpaired) electrons. The largest absolute Gasteiger partial charge is 0.475 e. The van der Waals surface area contributed by atoms with Crippen LogP contribution in [0.2, 0.25) is 5.02 Å². The molecule has 0 aliphatic carbocycles. The molecule has 2 bridgehead atoms. The molecule has 1 aromatic rings. The monoisotopic (exact) mass is 433 g/mol. The Morgan fingerprint density at radius 3 is 2.62 bits per heavy atom. The van der Waals surface area contributed by atoms with Gasteiger partial charge in [0.2, 0.25) is 5.88 Å². The fourth-order valence-electron chi connectivity index (χ4n) is 4.13. The van der Waals surface area contributed by atoms with Gasteiger partial charge in [-0.15, -0.1) is 0 Å². The number of ether oxygens (including phenoxy) is 1. The number of hydrogen-bond acceptors (Lipinski definition) is 4. The van der Waals surface area contributed by atoms with Gasteiger partial charge in [-0.1, -0.05) is 18.0 Å². The second-order valence-corrected chi connectivity index (χ2v) is 7.98. The molecule has 2 fully saturated rings. The molecule has 2 N–H and O–H groups in total. The minimum Gasteiger partial charge on any atom is -0.475 e. The summed E-state index contributed by atoms with van der Waals surface area (Å²) in [6.07, 6.45) is 2.20. The summed E-state index contributed by atoms with van der Waals surface area (Å²) >= 11 is 5.84. The SMILES string of the molecule is CN=C(NCCOc1ncc(C(F)(F)F)cc1Cl)NC1CC2CCCC(C1)N2C. The zero-order valence-electron chi connectivity index (χ0n) is 16.6. The van der Waals surface area contributed by atoms with Crippen LogP contribution in [0, 0.1) is 0 Å². The average Bonchev–Trinajstić information content (AvgIpc) is 2.65. The first-order valence-electron chi connectivity index (χ1n) is 9.82. The first-order chi connectivity index (χ1) is 13.8. The highest BCUT2D eigenvalue weighted by Crippen LogP contribution is 2.33. The van der Waals surface area contributed by atoms with Crippen molar-refractivity contribution in [3.05, 3.63) is 22.8 Å². The van der Waals surface area contributed by atoms with Gasteiger partial charge >= 0.3 is 6.18 Å². The lowest BCUT2D eigenvalue weighted by Crippen LogP contribution is -2.56. The highest BCUT2D eigenvalue weighted by Gasteiger charge is 2.36. The number of piperidine rings is 2. The van der Waals surface area contributed by atoms with E-state index in [2.05, 4.69) is 32.6 Å². The van der Waals surface area contributed by atoms with Crippen molar-refractivity contribution in [2.45, 2.75) is 56.4 Å². The highest BCUT2D eigenvalue weighted by molar-refractivity contribution is 6.31. The van der Waals surface area contributed by atoms with E-state index in [0.717, 1.165) is 18.9 Å². The van der Waals surface area contributed by atoms with Crippen molar-refractivity contribution >= 4 is 17.6 Å². The van der Waals surface area contributed by atoms with Crippen molar-refractivity contribution in [3.63, 3.8) is 0 Å². The van der Waals surface area contributed by atoms with Gasteiger partial charge in [-0.3, -0.25) is 4.99 Å². The van der Waals surface area contributed by atoms with E-state index in [1.807, 2.05) is 0 Å². The van der Waals surface area contributed by atoms with Gasteiger partial charge < -0.3 is 20.3 Å². The number of pyridine rings is 1. The summed E-state index contributed by atoms with van der Waals surface area (Å²) in [4.78, 5) is 10.4. The maximum absolute atomic E-state index is 12.7. The normalized spacial score (nSPS) is 25.6. The Kier molecular flexibility index (Phi) is 7.10. The van der Waals surface area contributed by atoms with Crippen molar-refractivity contribution in [1.82, 2.24) is 20.5 Å². The number of guanidine groups is 1. The van der Waals surface area contributed by atoms with Crippen LogP contribution < -0.4 is 15.4 Å². The quantitative estimate of drug-likeness (QED) is 0.424. The van der Waals surface area contributed by atoms with E-state index in [1.54, 1.807) is 7.05 Å². The maximum Gasteiger partial charge on any atom is 0.417 e. The van der Waals surface area contributed by atoms with Gasteiger partial charge in [0, 0.05) is 31.4 Å². The minimum atomic E-state index is -4.48. The Bertz CT molecular complexity index is 716. The number of nitrogens with zero attached hydrogens (tertiary/aromatic N) is 3. The third-order valence-corrected chi connectivity index (χ3v) is 5.94. The van der Waals surface area contributed by atoms with Crippen LogP contribution in [-0.2, 0) is 6.18 Å². The van der Waals surface area contributed by atoms with E-state index >= 15 is 0 Å². The highest BCUT2D eigenvalue weighted by atomic mass is 35.5. The Morgan fingerprint density at radius 2 is 2.03 bits per heavy atom. The third kappa shape index (κ3) is 5.66. The summed E-state index contributed by atoms with van der Waals surface area (Å²) in [5.41, 5.74) is -0.902. The summed E-state index contributed by atoms with van der Waals surface area (Å²) < 4.78 is 43.4. The molecule has 1 aromatic heterocycles. The molecule has 2 atom stereocenters. The number of alkyl halides is 3. The van der Waals surface area contributed by atoms with E-state index < -0.39 is 11.7 Å². The van der Waals surface area contributed by atoms with Gasteiger partial charge in [0.15, 0.2) is 5.96 Å². The number of halogens is 4. The second kappa shape index (κ2) is 9.38. The van der Waals surface area contributed by atoms with Gasteiger partial charge in [0.25, 0.3) is 0 Å². The number of nitrogens with one attached hydrogen (secondary N) is 2. The summed E-state index contributed by atoms with van der Waals surface area (Å²) in [6.45, 7) is 0.607. The van der Waals surface area contributed by atoms with Gasteiger partial charge in [0.1, 0.15) is 11.6 Å². The molecule has 0 spiro atoms. The topological polar surface area (TPSA) is 61.8 Å². The lowest BCUT2D eigenvalue weighted by Gasteiger charge is -2.47. The van der Waals surface area contributed by atoms with Crippen LogP contribution in [0.15, 0.2) is 17.3 Å². The Morgan fingerprint density at radius 1 is 1.34 bits per heavy atom. The molecule has 162 valence electrons. The van der Waals surface area contributed by atoms with Crippen molar-refractivity contribution < 1.29 is 17.9 Å². The maximum atomic E-state index is 12.7. The van der Waals surface area contributed by atoms with E-state index in [4.69, 9.17) is 16.3 Å². The Hall–Kier alpha value is -1.74. The Labute approximate surface area is 173 Å². The molecule has 29 heavy (non-hydrogen) atoms. The number of fused-ring (bicyclic) bond motifs is 2. The first kappa shape index (κ1) is 22.0. The van der Waals surface area contributed by atoms with Crippen LogP contribution in [0.25, 0.3) is 0 Å². The van der Waals surface area contributed by atoms with Crippen molar-refractivity contribution in [2.24, 2.45) is 4.99 Å². The number of rotatable bonds is 5. The molecule has 10 heteroatoms. The third-order valence-electron chi connectivity index (χ3n) is 5.67. The second-order valence-electron chi connectivity index (χ2n) is 7.57. The number of aromatic nitrogens is 1. The average molecular weight is 434 g/mol. The first-order valence-corrected chi connectivity index (χ1v) is 10.2. The predicted octanol–water partition coefficient (Wildman–Crippen LogP) is 3.31. The van der Waals surface area contributed by atoms with Gasteiger partial charge in [-0.25, -0.2) is 4.98 Å². The smallest absolute Gasteiger partial charge is 0.417 e. The molecular weight excluding hydrogens is 407 g/mol. The van der Waals surface area contributed by atoms with Crippen molar-refractivity contribution in [1.29, 1.82) is 0 Å². The molecule has 3 rings (SSSR count). The van der Waals surface area contributed by atoms with Crippen LogP contribution in [0.1, 0.15) is 37.7 Å². The fourth-order valence-corrected chi connectivity index (χ4v) is 4.35. The van der Waals surface area contributed by atoms with E-state index in [-0.39, 0.29) is 17.5 Å². The zero-order chi connectivity index (χ0) is 21.0. The molecule has 2 unspecified atom stereocenters. The molecule has 2 aliphatic rings. The van der Waals surface area contributed by atoms with Crippen LogP contribution in [0.5, 0.6) is 5.88 Å². The zero-order valence-corrected chi connectivity index (χ0v) is 17.4. The molecule has 0 amide bonds. The molecule has 6 nitrogen and oxygen atoms in total. The van der Waals surface area contributed by atoms with Crippen LogP contribution in [0.3, 0.4) is 0 Å². The number of hydrogen-bond donors (Lipinski definition) is 2. The summed E-state index contributed by atoms with van der Waals surface area (Å²) in [6, 6.07) is 2.43. The molecule has 0 saturated carbocycles. The molecule has 3 heterocycles. The van der Waals surface area contributed by atoms with Crippen LogP contribution >= 0.6 is 11.6 Å². The summed E-state index contributed by atoms with van der Waals surface area (Å²) in [5, 5.41) is 6.48. The standard InChI is InChI=1S/C19H27ClF3N5O/c1-24-18(27-13-9-14-4-3-5-15(10-13)28(14)2)25-6-7-29-17-16(20)8-12(11-26-17)19(21,22)23/h8,11,13-15H,3-7,9-10H2,1-2H3,(H2,24,25,27). The number of aliphatic imine (C=N–C) groups is 1. The van der Waals surface area contributed by atoms with Crippen molar-refractivity contribution in [3.8, 4) is 5.88 Å². The van der Waals surface area contributed by atoms with Gasteiger partial charge in [-0.2, -0.15) is 13.2 Å². The molecule has 2 saturated heterocycles. The summed E-state index contributed by atoms with van der Waals surface area (Å²) in [5.74, 6) is 0.667. The lowest BCUT2D eigenvalue weighted by molar-refractivity contribution is -0.137. The fraction of sp³-hybridized carbons (Fsp3) is 0.684. The Balaban J connectivity index is 1.44. The predicted molar refractivity (Wildman–Crippen MR) is 106 cm³/mol. The van der Waals surface area contributed by atoms with Gasteiger partial charge in [-0.05, 0) is 38.8 Å². The lowest BCUT2D eigenvalue weighted by atomic mass is 9.82.